The van der Waals surface area contributed by atoms with Crippen molar-refractivity contribution in [3.8, 4) is 33.4 Å². The normalized spacial score (nSPS) is 17.7. The molecule has 2 atom stereocenters. The fraction of sp³-hybridized carbons (Fsp3) is 0.178. The second-order valence-corrected chi connectivity index (χ2v) is 23.5. The van der Waals surface area contributed by atoms with E-state index in [0.29, 0.717) is 0 Å². The molecule has 0 bridgehead atoms. The van der Waals surface area contributed by atoms with E-state index in [9.17, 15) is 0 Å². The van der Waals surface area contributed by atoms with Gasteiger partial charge in [-0.25, -0.2) is 0 Å². The second-order valence-electron chi connectivity index (χ2n) is 23.5. The van der Waals surface area contributed by atoms with Crippen molar-refractivity contribution in [1.82, 2.24) is 0 Å². The van der Waals surface area contributed by atoms with Crippen molar-refractivity contribution >= 4 is 17.1 Å². The molecule has 13 rings (SSSR count). The minimum absolute atomic E-state index is 0.0158. The van der Waals surface area contributed by atoms with Gasteiger partial charge in [0, 0.05) is 27.8 Å². The largest absolute Gasteiger partial charge is 0.310 e. The van der Waals surface area contributed by atoms with Crippen molar-refractivity contribution in [3.63, 3.8) is 0 Å². The van der Waals surface area contributed by atoms with Crippen molar-refractivity contribution in [2.45, 2.75) is 82.5 Å². The molecule has 10 aromatic rings. The molecule has 74 heavy (non-hydrogen) atoms. The number of fused-ring (bicyclic) bond motifs is 9. The Labute approximate surface area is 438 Å². The standard InChI is InChI=1S/C73H63N/c1-69(2,3)48-34-38-52(39-35-48)73(53-40-36-49(37-41-53)70(4,5)6)64-31-20-17-28-59(64)68-65(73)32-21-33-67(68)74(54-43-45-63-60(46-54)57-27-16-19-30-62(57)71(63,7)50-22-11-9-12-23-50)55-42-44-58-56-26-15-18-29-61(56)72(8,66(58)47-55)51-24-13-10-14-25-51/h9-47H,1-8H3. The SMILES string of the molecule is CC(C)(C)c1ccc(C2(c3ccc(C(C)(C)C)cc3)c3ccccc3-c3c(N(c4ccc5c(c4)-c4ccccc4C5(C)c4ccccc4)c4ccc5c(c4)C(C)(c4ccccc4)c4ccccc4-5)cccc32)cc1. The van der Waals surface area contributed by atoms with Crippen LogP contribution in [0.15, 0.2) is 237 Å². The summed E-state index contributed by atoms with van der Waals surface area (Å²) in [5.41, 5.74) is 25.5. The lowest BCUT2D eigenvalue weighted by molar-refractivity contribution is 0.588. The van der Waals surface area contributed by atoms with E-state index in [2.05, 4.69) is 297 Å². The smallest absolute Gasteiger partial charge is 0.0714 e. The van der Waals surface area contributed by atoms with E-state index in [4.69, 9.17) is 0 Å². The van der Waals surface area contributed by atoms with Crippen molar-refractivity contribution in [3.05, 3.63) is 303 Å². The first-order chi connectivity index (χ1) is 35.7. The maximum atomic E-state index is 2.59. The van der Waals surface area contributed by atoms with E-state index >= 15 is 0 Å². The molecule has 1 heteroatoms. The molecule has 1 nitrogen and oxygen atoms in total. The van der Waals surface area contributed by atoms with Gasteiger partial charge in [-0.3, -0.25) is 0 Å². The summed E-state index contributed by atoms with van der Waals surface area (Å²) in [4.78, 5) is 2.59. The molecular formula is C73H63N. The molecule has 0 aliphatic heterocycles. The van der Waals surface area contributed by atoms with Gasteiger partial charge in [0.1, 0.15) is 0 Å². The highest BCUT2D eigenvalue weighted by molar-refractivity contribution is 5.99. The summed E-state index contributed by atoms with van der Waals surface area (Å²) in [6, 6.07) is 90.4. The molecule has 0 heterocycles. The third-order valence-corrected chi connectivity index (χ3v) is 17.5. The van der Waals surface area contributed by atoms with Gasteiger partial charge in [0.2, 0.25) is 0 Å². The molecule has 0 fully saturated rings. The zero-order valence-corrected chi connectivity index (χ0v) is 44.0. The van der Waals surface area contributed by atoms with E-state index in [1.165, 1.54) is 100 Å². The van der Waals surface area contributed by atoms with Crippen LogP contribution in [-0.2, 0) is 27.1 Å². The van der Waals surface area contributed by atoms with Crippen LogP contribution in [0.1, 0.15) is 122 Å². The van der Waals surface area contributed by atoms with Gasteiger partial charge in [0.25, 0.3) is 0 Å². The lowest BCUT2D eigenvalue weighted by Gasteiger charge is -2.35. The van der Waals surface area contributed by atoms with Crippen LogP contribution in [0.4, 0.5) is 17.1 Å². The first-order valence-corrected chi connectivity index (χ1v) is 26.6. The third kappa shape index (κ3) is 6.55. The van der Waals surface area contributed by atoms with Crippen molar-refractivity contribution in [2.75, 3.05) is 4.90 Å². The summed E-state index contributed by atoms with van der Waals surface area (Å²) in [5, 5.41) is 0. The fourth-order valence-electron chi connectivity index (χ4n) is 13.6. The molecule has 0 radical (unpaired) electrons. The predicted molar refractivity (Wildman–Crippen MR) is 311 cm³/mol. The highest BCUT2D eigenvalue weighted by Crippen LogP contribution is 2.62. The molecule has 0 N–H and O–H groups in total. The van der Waals surface area contributed by atoms with Gasteiger partial charge in [-0.15, -0.1) is 0 Å². The van der Waals surface area contributed by atoms with E-state index in [0.717, 1.165) is 17.1 Å². The Morgan fingerprint density at radius 1 is 0.297 bits per heavy atom. The quantitative estimate of drug-likeness (QED) is 0.154. The molecule has 0 spiro atoms. The van der Waals surface area contributed by atoms with Crippen LogP contribution in [0, 0.1) is 0 Å². The number of nitrogens with zero attached hydrogens (tertiary/aromatic N) is 1. The van der Waals surface area contributed by atoms with Crippen LogP contribution < -0.4 is 4.90 Å². The minimum atomic E-state index is -0.597. The monoisotopic (exact) mass is 953 g/mol. The van der Waals surface area contributed by atoms with Gasteiger partial charge in [-0.1, -0.05) is 248 Å². The van der Waals surface area contributed by atoms with Crippen LogP contribution in [0.2, 0.25) is 0 Å². The lowest BCUT2D eigenvalue weighted by Crippen LogP contribution is -2.29. The molecule has 0 saturated heterocycles. The lowest BCUT2D eigenvalue weighted by atomic mass is 9.67. The Hall–Kier alpha value is -8.00. The van der Waals surface area contributed by atoms with Crippen LogP contribution in [-0.4, -0.2) is 0 Å². The molecule has 2 unspecified atom stereocenters. The van der Waals surface area contributed by atoms with Gasteiger partial charge in [0.05, 0.1) is 11.1 Å². The predicted octanol–water partition coefficient (Wildman–Crippen LogP) is 18.8. The Kier molecular flexibility index (Phi) is 10.2. The average molecular weight is 954 g/mol. The summed E-state index contributed by atoms with van der Waals surface area (Å²) in [6.45, 7) is 18.7. The third-order valence-electron chi connectivity index (χ3n) is 17.5. The molecule has 10 aromatic carbocycles. The first-order valence-electron chi connectivity index (χ1n) is 26.6. The number of hydrogen-bond acceptors (Lipinski definition) is 1. The van der Waals surface area contributed by atoms with E-state index < -0.39 is 5.41 Å². The van der Waals surface area contributed by atoms with Gasteiger partial charge in [-0.2, -0.15) is 0 Å². The van der Waals surface area contributed by atoms with Crippen LogP contribution >= 0.6 is 0 Å². The molecular weight excluding hydrogens is 891 g/mol. The summed E-state index contributed by atoms with van der Waals surface area (Å²) >= 11 is 0. The highest BCUT2D eigenvalue weighted by Gasteiger charge is 2.49. The van der Waals surface area contributed by atoms with Crippen LogP contribution in [0.3, 0.4) is 0 Å². The maximum Gasteiger partial charge on any atom is 0.0714 e. The summed E-state index contributed by atoms with van der Waals surface area (Å²) in [5.74, 6) is 0. The average Bonchev–Trinajstić information content (AvgIpc) is 4.01. The van der Waals surface area contributed by atoms with Gasteiger partial charge in [-0.05, 0) is 150 Å². The molecule has 3 aliphatic rings. The molecule has 3 aliphatic carbocycles. The van der Waals surface area contributed by atoms with Crippen LogP contribution in [0.25, 0.3) is 33.4 Å². The topological polar surface area (TPSA) is 3.24 Å². The van der Waals surface area contributed by atoms with E-state index in [1.54, 1.807) is 0 Å². The summed E-state index contributed by atoms with van der Waals surface area (Å²) in [7, 11) is 0. The second kappa shape index (κ2) is 16.5. The van der Waals surface area contributed by atoms with Gasteiger partial charge < -0.3 is 4.90 Å². The highest BCUT2D eigenvalue weighted by atomic mass is 15.1. The van der Waals surface area contributed by atoms with Crippen LogP contribution in [0.5, 0.6) is 0 Å². The summed E-state index contributed by atoms with van der Waals surface area (Å²) < 4.78 is 0. The summed E-state index contributed by atoms with van der Waals surface area (Å²) in [6.07, 6.45) is 0. The van der Waals surface area contributed by atoms with E-state index in [1.807, 2.05) is 0 Å². The first kappa shape index (κ1) is 45.8. The molecule has 0 aromatic heterocycles. The maximum absolute atomic E-state index is 2.59. The number of benzene rings is 10. The Balaban J connectivity index is 1.10. The Bertz CT molecular complexity index is 3750. The van der Waals surface area contributed by atoms with Gasteiger partial charge >= 0.3 is 0 Å². The number of rotatable bonds is 7. The number of anilines is 3. The van der Waals surface area contributed by atoms with Crippen molar-refractivity contribution in [2.24, 2.45) is 0 Å². The molecule has 0 saturated carbocycles. The van der Waals surface area contributed by atoms with E-state index in [-0.39, 0.29) is 21.7 Å². The zero-order valence-electron chi connectivity index (χ0n) is 44.0. The van der Waals surface area contributed by atoms with Gasteiger partial charge in [0.15, 0.2) is 0 Å². The Morgan fingerprint density at radius 2 is 0.716 bits per heavy atom. The van der Waals surface area contributed by atoms with Crippen molar-refractivity contribution in [1.29, 1.82) is 0 Å². The molecule has 0 amide bonds. The van der Waals surface area contributed by atoms with Crippen molar-refractivity contribution < 1.29 is 0 Å². The zero-order chi connectivity index (χ0) is 50.8. The fourth-order valence-corrected chi connectivity index (χ4v) is 13.6. The minimum Gasteiger partial charge on any atom is -0.310 e. The Morgan fingerprint density at radius 3 is 1.27 bits per heavy atom. The molecule has 360 valence electrons. The number of hydrogen-bond donors (Lipinski definition) is 0.